The summed E-state index contributed by atoms with van der Waals surface area (Å²) in [4.78, 5) is 0. The summed E-state index contributed by atoms with van der Waals surface area (Å²) < 4.78 is 0. The quantitative estimate of drug-likeness (QED) is 0.244. The van der Waals surface area contributed by atoms with E-state index in [2.05, 4.69) is 76.2 Å². The Bertz CT molecular complexity index is 321. The normalized spacial score (nSPS) is 20.0. The van der Waals surface area contributed by atoms with Gasteiger partial charge in [0.1, 0.15) is 0 Å². The Balaban J connectivity index is 4.11. The third kappa shape index (κ3) is 15.9. The van der Waals surface area contributed by atoms with Gasteiger partial charge in [-0.05, 0) is 105 Å². The van der Waals surface area contributed by atoms with Gasteiger partial charge in [0.15, 0.2) is 0 Å². The summed E-state index contributed by atoms with van der Waals surface area (Å²) in [6.07, 6.45) is 11.3. The molecule has 0 heteroatoms. The van der Waals surface area contributed by atoms with Gasteiger partial charge in [-0.25, -0.2) is 0 Å². The number of rotatable bonds is 16. The largest absolute Gasteiger partial charge is 0.0628 e. The van der Waals surface area contributed by atoms with Crippen molar-refractivity contribution in [2.24, 2.45) is 53.3 Å². The van der Waals surface area contributed by atoms with E-state index < -0.39 is 0 Å². The summed E-state index contributed by atoms with van der Waals surface area (Å²) in [6, 6.07) is 0. The molecular formula is C28H58. The van der Waals surface area contributed by atoms with Gasteiger partial charge in [-0.15, -0.1) is 0 Å². The molecule has 0 saturated heterocycles. The topological polar surface area (TPSA) is 0 Å². The lowest BCUT2D eigenvalue weighted by molar-refractivity contribution is 0.255. The Labute approximate surface area is 181 Å². The minimum Gasteiger partial charge on any atom is -0.0628 e. The van der Waals surface area contributed by atoms with E-state index in [1.54, 1.807) is 0 Å². The molecule has 0 radical (unpaired) electrons. The molecule has 0 spiro atoms. The first-order valence-corrected chi connectivity index (χ1v) is 12.9. The summed E-state index contributed by atoms with van der Waals surface area (Å²) in [5.41, 5.74) is 0. The number of hydrogen-bond donors (Lipinski definition) is 0. The number of hydrogen-bond acceptors (Lipinski definition) is 0. The summed E-state index contributed by atoms with van der Waals surface area (Å²) >= 11 is 0. The maximum atomic E-state index is 2.51. The molecule has 0 aromatic rings. The molecule has 7 atom stereocenters. The van der Waals surface area contributed by atoms with Crippen molar-refractivity contribution >= 4 is 0 Å². The molecule has 0 saturated carbocycles. The second-order valence-corrected chi connectivity index (χ2v) is 12.4. The van der Waals surface area contributed by atoms with Crippen LogP contribution >= 0.6 is 0 Å². The fraction of sp³-hybridized carbons (Fsp3) is 1.00. The third-order valence-electron chi connectivity index (χ3n) is 6.58. The summed E-state index contributed by atoms with van der Waals surface area (Å²) in [7, 11) is 0. The molecule has 0 aliphatic rings. The van der Waals surface area contributed by atoms with Crippen LogP contribution in [0.4, 0.5) is 0 Å². The van der Waals surface area contributed by atoms with E-state index in [-0.39, 0.29) is 0 Å². The van der Waals surface area contributed by atoms with Crippen LogP contribution in [0.25, 0.3) is 0 Å². The van der Waals surface area contributed by atoms with E-state index >= 15 is 0 Å². The van der Waals surface area contributed by atoms with Crippen LogP contribution in [0.15, 0.2) is 0 Å². The molecule has 0 aliphatic carbocycles. The van der Waals surface area contributed by atoms with E-state index in [4.69, 9.17) is 0 Å². The molecule has 0 aliphatic heterocycles. The molecule has 0 nitrogen and oxygen atoms in total. The molecule has 1 unspecified atom stereocenters. The second kappa shape index (κ2) is 14.9. The Morgan fingerprint density at radius 1 is 0.250 bits per heavy atom. The van der Waals surface area contributed by atoms with Crippen molar-refractivity contribution < 1.29 is 0 Å². The Kier molecular flexibility index (Phi) is 14.9. The van der Waals surface area contributed by atoms with Crippen molar-refractivity contribution in [1.29, 1.82) is 0 Å². The lowest BCUT2D eigenvalue weighted by Gasteiger charge is -2.26. The van der Waals surface area contributed by atoms with Gasteiger partial charge < -0.3 is 0 Å². The summed E-state index contributed by atoms with van der Waals surface area (Å²) in [5, 5.41) is 0. The van der Waals surface area contributed by atoms with Crippen LogP contribution < -0.4 is 0 Å². The van der Waals surface area contributed by atoms with Crippen molar-refractivity contribution in [3.63, 3.8) is 0 Å². The predicted molar refractivity (Wildman–Crippen MR) is 131 cm³/mol. The standard InChI is InChI=1S/C28H58/c1-20(2)12-22(5)14-24(7)16-26(9)18-28(11)19-27(10)17-25(8)15-23(6)13-21(3)4/h20-28H,12-19H2,1-11H3/t22-,23+,24-,25+,26-,27+,28?. The molecular weight excluding hydrogens is 336 g/mol. The van der Waals surface area contributed by atoms with E-state index in [1.165, 1.54) is 51.4 Å². The highest BCUT2D eigenvalue weighted by Crippen LogP contribution is 2.31. The Hall–Kier alpha value is 0. The molecule has 0 aromatic carbocycles. The molecule has 0 rings (SSSR count). The smallest absolute Gasteiger partial charge is 0.0438 e. The molecule has 28 heavy (non-hydrogen) atoms. The van der Waals surface area contributed by atoms with Crippen molar-refractivity contribution in [1.82, 2.24) is 0 Å². The molecule has 0 N–H and O–H groups in total. The highest BCUT2D eigenvalue weighted by atomic mass is 14.2. The van der Waals surface area contributed by atoms with Gasteiger partial charge in [0.25, 0.3) is 0 Å². The summed E-state index contributed by atoms with van der Waals surface area (Å²) in [5.74, 6) is 7.88. The monoisotopic (exact) mass is 394 g/mol. The minimum absolute atomic E-state index is 0.844. The van der Waals surface area contributed by atoms with E-state index in [0.717, 1.165) is 53.3 Å². The van der Waals surface area contributed by atoms with Crippen LogP contribution in [-0.4, -0.2) is 0 Å². The second-order valence-electron chi connectivity index (χ2n) is 12.4. The highest BCUT2D eigenvalue weighted by Gasteiger charge is 2.19. The average molecular weight is 395 g/mol. The fourth-order valence-corrected chi connectivity index (χ4v) is 6.40. The van der Waals surface area contributed by atoms with Crippen molar-refractivity contribution in [2.45, 2.75) is 128 Å². The SMILES string of the molecule is CC(C)C[C@@H](C)C[C@@H](C)C[C@@H](C)CC(C)C[C@@H](C)C[C@@H](C)C[C@@H](C)CC(C)C. The highest BCUT2D eigenvalue weighted by molar-refractivity contribution is 4.70. The zero-order valence-electron chi connectivity index (χ0n) is 21.9. The van der Waals surface area contributed by atoms with Crippen LogP contribution in [0.5, 0.6) is 0 Å². The predicted octanol–water partition coefficient (Wildman–Crippen LogP) is 9.87. The first-order valence-electron chi connectivity index (χ1n) is 12.9. The van der Waals surface area contributed by atoms with E-state index in [0.29, 0.717) is 0 Å². The van der Waals surface area contributed by atoms with Gasteiger partial charge in [0.2, 0.25) is 0 Å². The average Bonchev–Trinajstić information content (AvgIpc) is 2.42. The molecule has 0 amide bonds. The van der Waals surface area contributed by atoms with Gasteiger partial charge in [-0.1, -0.05) is 76.2 Å². The van der Waals surface area contributed by atoms with Gasteiger partial charge >= 0.3 is 0 Å². The van der Waals surface area contributed by atoms with Gasteiger partial charge in [-0.2, -0.15) is 0 Å². The molecule has 0 aromatic heterocycles. The lowest BCUT2D eigenvalue weighted by Crippen LogP contribution is -2.14. The van der Waals surface area contributed by atoms with Crippen molar-refractivity contribution in [3.8, 4) is 0 Å². The Morgan fingerprint density at radius 3 is 0.536 bits per heavy atom. The maximum Gasteiger partial charge on any atom is -0.0438 e. The van der Waals surface area contributed by atoms with Crippen LogP contribution in [0, 0.1) is 53.3 Å². The van der Waals surface area contributed by atoms with Crippen molar-refractivity contribution in [3.05, 3.63) is 0 Å². The first-order chi connectivity index (χ1) is 12.9. The van der Waals surface area contributed by atoms with Crippen LogP contribution in [-0.2, 0) is 0 Å². The zero-order chi connectivity index (χ0) is 21.9. The zero-order valence-corrected chi connectivity index (χ0v) is 21.9. The van der Waals surface area contributed by atoms with Crippen LogP contribution in [0.1, 0.15) is 128 Å². The van der Waals surface area contributed by atoms with Gasteiger partial charge in [0.05, 0.1) is 0 Å². The van der Waals surface area contributed by atoms with Gasteiger partial charge in [0, 0.05) is 0 Å². The molecule has 0 heterocycles. The first kappa shape index (κ1) is 28.0. The van der Waals surface area contributed by atoms with Crippen LogP contribution in [0.2, 0.25) is 0 Å². The van der Waals surface area contributed by atoms with E-state index in [1.807, 2.05) is 0 Å². The lowest BCUT2D eigenvalue weighted by atomic mass is 9.80. The molecule has 170 valence electrons. The summed E-state index contributed by atoms with van der Waals surface area (Å²) in [6.45, 7) is 26.8. The minimum atomic E-state index is 0.844. The molecule has 0 bridgehead atoms. The van der Waals surface area contributed by atoms with E-state index in [9.17, 15) is 0 Å². The van der Waals surface area contributed by atoms with Crippen LogP contribution in [0.3, 0.4) is 0 Å². The molecule has 0 fully saturated rings. The van der Waals surface area contributed by atoms with Gasteiger partial charge in [-0.3, -0.25) is 0 Å². The maximum absolute atomic E-state index is 2.51. The Morgan fingerprint density at radius 2 is 0.393 bits per heavy atom. The van der Waals surface area contributed by atoms with Crippen molar-refractivity contribution in [2.75, 3.05) is 0 Å². The fourth-order valence-electron chi connectivity index (χ4n) is 6.40. The third-order valence-corrected chi connectivity index (χ3v) is 6.58.